The second kappa shape index (κ2) is 6.37. The Morgan fingerprint density at radius 1 is 1.40 bits per heavy atom. The van der Waals surface area contributed by atoms with Crippen LogP contribution in [0.3, 0.4) is 0 Å². The molecule has 1 rings (SSSR count). The standard InChI is InChI=1S/C13H22OS/c1-4-6-13(11(3)14)10(2)12-7-5-8-15-9-12/h12H,4-9H2,1-3H3/b13-10-. The number of ketones is 1. The molecule has 0 N–H and O–H groups in total. The molecule has 0 amide bonds. The topological polar surface area (TPSA) is 17.1 Å². The van der Waals surface area contributed by atoms with E-state index in [0.717, 1.165) is 18.4 Å². The fourth-order valence-corrected chi connectivity index (χ4v) is 3.47. The van der Waals surface area contributed by atoms with Gasteiger partial charge in [-0.25, -0.2) is 0 Å². The molecule has 1 fully saturated rings. The lowest BCUT2D eigenvalue weighted by Gasteiger charge is -2.24. The average molecular weight is 226 g/mol. The smallest absolute Gasteiger partial charge is 0.155 e. The van der Waals surface area contributed by atoms with Crippen LogP contribution in [-0.4, -0.2) is 17.3 Å². The van der Waals surface area contributed by atoms with Crippen LogP contribution in [0.2, 0.25) is 0 Å². The first kappa shape index (κ1) is 12.8. The monoisotopic (exact) mass is 226 g/mol. The van der Waals surface area contributed by atoms with Crippen molar-refractivity contribution in [1.29, 1.82) is 0 Å². The molecule has 1 nitrogen and oxygen atoms in total. The number of rotatable bonds is 4. The molecule has 0 radical (unpaired) electrons. The van der Waals surface area contributed by atoms with Crippen molar-refractivity contribution >= 4 is 17.5 Å². The van der Waals surface area contributed by atoms with Gasteiger partial charge in [0.05, 0.1) is 0 Å². The molecule has 0 saturated carbocycles. The van der Waals surface area contributed by atoms with Crippen LogP contribution >= 0.6 is 11.8 Å². The van der Waals surface area contributed by atoms with E-state index in [-0.39, 0.29) is 5.78 Å². The fourth-order valence-electron chi connectivity index (χ4n) is 2.23. The molecule has 86 valence electrons. The molecule has 1 aliphatic heterocycles. The highest BCUT2D eigenvalue weighted by Crippen LogP contribution is 2.31. The maximum atomic E-state index is 11.6. The van der Waals surface area contributed by atoms with Crippen LogP contribution in [0, 0.1) is 5.92 Å². The van der Waals surface area contributed by atoms with E-state index in [1.54, 1.807) is 6.92 Å². The molecule has 0 aromatic carbocycles. The van der Waals surface area contributed by atoms with Gasteiger partial charge in [-0.3, -0.25) is 4.79 Å². The first-order valence-electron chi connectivity index (χ1n) is 5.95. The zero-order chi connectivity index (χ0) is 11.3. The van der Waals surface area contributed by atoms with E-state index in [2.05, 4.69) is 13.8 Å². The fraction of sp³-hybridized carbons (Fsp3) is 0.769. The minimum absolute atomic E-state index is 0.282. The predicted octanol–water partition coefficient (Wildman–Crippen LogP) is 3.84. The van der Waals surface area contributed by atoms with Gasteiger partial charge in [0.2, 0.25) is 0 Å². The molecule has 1 saturated heterocycles. The van der Waals surface area contributed by atoms with Crippen molar-refractivity contribution in [2.45, 2.75) is 46.5 Å². The molecule has 1 heterocycles. The summed E-state index contributed by atoms with van der Waals surface area (Å²) in [6, 6.07) is 0. The number of hydrogen-bond donors (Lipinski definition) is 0. The molecule has 15 heavy (non-hydrogen) atoms. The Morgan fingerprint density at radius 3 is 2.60 bits per heavy atom. The van der Waals surface area contributed by atoms with Crippen LogP contribution in [0.25, 0.3) is 0 Å². The summed E-state index contributed by atoms with van der Waals surface area (Å²) in [5, 5.41) is 0. The molecule has 0 aromatic rings. The highest BCUT2D eigenvalue weighted by molar-refractivity contribution is 7.99. The second-order valence-electron chi connectivity index (χ2n) is 4.38. The van der Waals surface area contributed by atoms with Crippen LogP contribution in [-0.2, 0) is 4.79 Å². The van der Waals surface area contributed by atoms with Gasteiger partial charge in [0, 0.05) is 0 Å². The van der Waals surface area contributed by atoms with Crippen molar-refractivity contribution in [3.63, 3.8) is 0 Å². The zero-order valence-electron chi connectivity index (χ0n) is 10.1. The van der Waals surface area contributed by atoms with Gasteiger partial charge in [-0.15, -0.1) is 0 Å². The normalized spacial score (nSPS) is 23.5. The highest BCUT2D eigenvalue weighted by atomic mass is 32.2. The summed E-state index contributed by atoms with van der Waals surface area (Å²) in [4.78, 5) is 11.6. The Hall–Kier alpha value is -0.240. The van der Waals surface area contributed by atoms with Crippen LogP contribution < -0.4 is 0 Å². The van der Waals surface area contributed by atoms with Crippen molar-refractivity contribution in [2.24, 2.45) is 5.92 Å². The van der Waals surface area contributed by atoms with E-state index in [9.17, 15) is 4.79 Å². The number of thioether (sulfide) groups is 1. The lowest BCUT2D eigenvalue weighted by Crippen LogP contribution is -2.15. The molecule has 2 heteroatoms. The first-order valence-corrected chi connectivity index (χ1v) is 7.10. The van der Waals surface area contributed by atoms with E-state index in [0.29, 0.717) is 5.92 Å². The third-order valence-electron chi connectivity index (χ3n) is 3.17. The molecule has 0 bridgehead atoms. The minimum atomic E-state index is 0.282. The largest absolute Gasteiger partial charge is 0.295 e. The number of hydrogen-bond acceptors (Lipinski definition) is 2. The molecule has 0 spiro atoms. The number of allylic oxidation sites excluding steroid dienone is 2. The summed E-state index contributed by atoms with van der Waals surface area (Å²) in [6.45, 7) is 6.03. The molecular weight excluding hydrogens is 204 g/mol. The number of carbonyl (C=O) groups excluding carboxylic acids is 1. The van der Waals surface area contributed by atoms with E-state index in [1.807, 2.05) is 11.8 Å². The zero-order valence-corrected chi connectivity index (χ0v) is 11.0. The summed E-state index contributed by atoms with van der Waals surface area (Å²) >= 11 is 2.03. The Kier molecular flexibility index (Phi) is 5.44. The van der Waals surface area contributed by atoms with Gasteiger partial charge in [0.15, 0.2) is 5.78 Å². The van der Waals surface area contributed by atoms with Crippen molar-refractivity contribution in [1.82, 2.24) is 0 Å². The van der Waals surface area contributed by atoms with Crippen molar-refractivity contribution < 1.29 is 4.79 Å². The molecule has 1 unspecified atom stereocenters. The quantitative estimate of drug-likeness (QED) is 0.678. The Morgan fingerprint density at radius 2 is 2.13 bits per heavy atom. The van der Waals surface area contributed by atoms with Crippen molar-refractivity contribution in [3.05, 3.63) is 11.1 Å². The molecule has 1 aliphatic rings. The Balaban J connectivity index is 2.77. The van der Waals surface area contributed by atoms with Crippen molar-refractivity contribution in [3.8, 4) is 0 Å². The summed E-state index contributed by atoms with van der Waals surface area (Å²) in [7, 11) is 0. The molecule has 1 atom stereocenters. The highest BCUT2D eigenvalue weighted by Gasteiger charge is 2.19. The Bertz CT molecular complexity index is 249. The SMILES string of the molecule is CCC/C(C(C)=O)=C(\C)C1CCCSC1. The van der Waals surface area contributed by atoms with E-state index in [1.165, 1.54) is 29.9 Å². The van der Waals surface area contributed by atoms with Crippen molar-refractivity contribution in [2.75, 3.05) is 11.5 Å². The lowest BCUT2D eigenvalue weighted by atomic mass is 9.89. The number of Topliss-reactive ketones (excluding diaryl/α,β-unsaturated/α-hetero) is 1. The lowest BCUT2D eigenvalue weighted by molar-refractivity contribution is -0.113. The van der Waals surface area contributed by atoms with Gasteiger partial charge in [0.25, 0.3) is 0 Å². The van der Waals surface area contributed by atoms with Crippen LogP contribution in [0.5, 0.6) is 0 Å². The second-order valence-corrected chi connectivity index (χ2v) is 5.53. The first-order chi connectivity index (χ1) is 7.16. The van der Waals surface area contributed by atoms with Gasteiger partial charge in [-0.1, -0.05) is 18.9 Å². The maximum Gasteiger partial charge on any atom is 0.155 e. The van der Waals surface area contributed by atoms with Gasteiger partial charge in [0.1, 0.15) is 0 Å². The molecular formula is C13H22OS. The molecule has 0 aliphatic carbocycles. The predicted molar refractivity (Wildman–Crippen MR) is 68.3 cm³/mol. The average Bonchev–Trinajstić information content (AvgIpc) is 2.26. The minimum Gasteiger partial charge on any atom is -0.295 e. The third kappa shape index (κ3) is 3.67. The maximum absolute atomic E-state index is 11.6. The van der Waals surface area contributed by atoms with Crippen LogP contribution in [0.1, 0.15) is 46.5 Å². The van der Waals surface area contributed by atoms with E-state index >= 15 is 0 Å². The summed E-state index contributed by atoms with van der Waals surface area (Å²) in [5.74, 6) is 3.46. The van der Waals surface area contributed by atoms with Gasteiger partial charge in [-0.05, 0) is 56.1 Å². The van der Waals surface area contributed by atoms with Gasteiger partial charge >= 0.3 is 0 Å². The van der Waals surface area contributed by atoms with Crippen LogP contribution in [0.4, 0.5) is 0 Å². The summed E-state index contributed by atoms with van der Waals surface area (Å²) in [5.41, 5.74) is 2.47. The summed E-state index contributed by atoms with van der Waals surface area (Å²) in [6.07, 6.45) is 4.62. The summed E-state index contributed by atoms with van der Waals surface area (Å²) < 4.78 is 0. The van der Waals surface area contributed by atoms with Crippen LogP contribution in [0.15, 0.2) is 11.1 Å². The third-order valence-corrected chi connectivity index (χ3v) is 4.39. The van der Waals surface area contributed by atoms with E-state index < -0.39 is 0 Å². The van der Waals surface area contributed by atoms with E-state index in [4.69, 9.17) is 0 Å². The van der Waals surface area contributed by atoms with Gasteiger partial charge < -0.3 is 0 Å². The Labute approximate surface area is 97.7 Å². The van der Waals surface area contributed by atoms with Gasteiger partial charge in [-0.2, -0.15) is 11.8 Å². The number of carbonyl (C=O) groups is 1. The molecule has 0 aromatic heterocycles.